The summed E-state index contributed by atoms with van der Waals surface area (Å²) in [4.78, 5) is 16.1. The summed E-state index contributed by atoms with van der Waals surface area (Å²) in [6.07, 6.45) is 0.935. The van der Waals surface area contributed by atoms with Gasteiger partial charge >= 0.3 is 6.09 Å². The van der Waals surface area contributed by atoms with E-state index in [0.717, 1.165) is 5.69 Å². The Balaban J connectivity index is 2.19. The molecule has 0 atom stereocenters. The molecule has 1 heterocycles. The van der Waals surface area contributed by atoms with E-state index in [0.29, 0.717) is 38.4 Å². The van der Waals surface area contributed by atoms with E-state index < -0.39 is 15.6 Å². The summed E-state index contributed by atoms with van der Waals surface area (Å²) in [5, 5.41) is 0. The van der Waals surface area contributed by atoms with Gasteiger partial charge in [-0.2, -0.15) is 0 Å². The lowest BCUT2D eigenvalue weighted by molar-refractivity contribution is 0.0240. The third-order valence-corrected chi connectivity index (χ3v) is 5.50. The van der Waals surface area contributed by atoms with E-state index >= 15 is 0 Å². The quantitative estimate of drug-likeness (QED) is 0.744. The number of amides is 1. The van der Waals surface area contributed by atoms with Crippen molar-refractivity contribution in [3.05, 3.63) is 24.3 Å². The molecule has 158 valence electrons. The number of nitrogens with zero attached hydrogens (tertiary/aromatic N) is 3. The van der Waals surface area contributed by atoms with Gasteiger partial charge in [0.05, 0.1) is 17.6 Å². The van der Waals surface area contributed by atoms with Gasteiger partial charge in [0.2, 0.25) is 10.0 Å². The molecule has 1 aromatic carbocycles. The Kier molecular flexibility index (Phi) is 6.85. The Bertz CT molecular complexity index is 779. The minimum Gasteiger partial charge on any atom is -0.444 e. The molecule has 1 aliphatic heterocycles. The van der Waals surface area contributed by atoms with Crippen LogP contribution in [0, 0.1) is 5.92 Å². The number of carbonyl (C=O) groups excluding carboxylic acids is 1. The summed E-state index contributed by atoms with van der Waals surface area (Å²) in [7, 11) is -3.40. The molecule has 0 radical (unpaired) electrons. The highest BCUT2D eigenvalue weighted by Crippen LogP contribution is 2.32. The summed E-state index contributed by atoms with van der Waals surface area (Å²) < 4.78 is 31.8. The summed E-state index contributed by atoms with van der Waals surface area (Å²) in [5.74, 6) is 0.201. The van der Waals surface area contributed by atoms with Crippen molar-refractivity contribution in [2.75, 3.05) is 48.2 Å². The molecule has 28 heavy (non-hydrogen) atoms. The predicted molar refractivity (Wildman–Crippen MR) is 113 cm³/mol. The van der Waals surface area contributed by atoms with Gasteiger partial charge in [-0.05, 0) is 38.8 Å². The number of para-hydroxylation sites is 2. The van der Waals surface area contributed by atoms with Gasteiger partial charge in [0.1, 0.15) is 5.60 Å². The van der Waals surface area contributed by atoms with Crippen LogP contribution in [-0.2, 0) is 14.8 Å². The molecular weight excluding hydrogens is 378 g/mol. The van der Waals surface area contributed by atoms with E-state index in [9.17, 15) is 13.2 Å². The van der Waals surface area contributed by atoms with E-state index in [-0.39, 0.29) is 12.0 Å². The van der Waals surface area contributed by atoms with Crippen LogP contribution in [-0.4, -0.2) is 64.0 Å². The molecule has 0 unspecified atom stereocenters. The number of anilines is 2. The average molecular weight is 412 g/mol. The van der Waals surface area contributed by atoms with E-state index in [1.807, 2.05) is 58.9 Å². The molecule has 0 bridgehead atoms. The molecule has 1 aromatic rings. The van der Waals surface area contributed by atoms with Gasteiger partial charge in [-0.15, -0.1) is 0 Å². The van der Waals surface area contributed by atoms with E-state index in [4.69, 9.17) is 4.74 Å². The third-order valence-electron chi connectivity index (χ3n) is 4.35. The predicted octanol–water partition coefficient (Wildman–Crippen LogP) is 3.17. The summed E-state index contributed by atoms with van der Waals surface area (Å²) in [6.45, 7) is 12.3. The fourth-order valence-corrected chi connectivity index (χ4v) is 4.22. The fourth-order valence-electron chi connectivity index (χ4n) is 3.14. The lowest BCUT2D eigenvalue weighted by Crippen LogP contribution is -2.50. The van der Waals surface area contributed by atoms with Crippen molar-refractivity contribution in [3.8, 4) is 0 Å². The highest BCUT2D eigenvalue weighted by atomic mass is 32.2. The number of benzene rings is 1. The molecule has 8 heteroatoms. The summed E-state index contributed by atoms with van der Waals surface area (Å²) >= 11 is 0. The first-order valence-electron chi connectivity index (χ1n) is 9.68. The number of piperazine rings is 1. The van der Waals surface area contributed by atoms with E-state index in [1.54, 1.807) is 4.90 Å². The Morgan fingerprint density at radius 3 is 2.21 bits per heavy atom. The van der Waals surface area contributed by atoms with E-state index in [1.165, 1.54) is 10.6 Å². The highest BCUT2D eigenvalue weighted by molar-refractivity contribution is 7.92. The molecule has 0 N–H and O–H groups in total. The van der Waals surface area contributed by atoms with Crippen LogP contribution in [0.25, 0.3) is 0 Å². The molecule has 0 aliphatic carbocycles. The van der Waals surface area contributed by atoms with Crippen molar-refractivity contribution >= 4 is 27.5 Å². The third kappa shape index (κ3) is 6.02. The number of hydrogen-bond donors (Lipinski definition) is 0. The maximum atomic E-state index is 12.4. The number of ether oxygens (including phenoxy) is 1. The zero-order chi connectivity index (χ0) is 21.1. The Morgan fingerprint density at radius 1 is 1.14 bits per heavy atom. The van der Waals surface area contributed by atoms with Crippen LogP contribution in [0.2, 0.25) is 0 Å². The summed E-state index contributed by atoms with van der Waals surface area (Å²) in [6, 6.07) is 7.55. The van der Waals surface area contributed by atoms with Gasteiger partial charge in [0.25, 0.3) is 0 Å². The molecule has 0 aromatic heterocycles. The average Bonchev–Trinajstić information content (AvgIpc) is 2.57. The Morgan fingerprint density at radius 2 is 1.71 bits per heavy atom. The lowest BCUT2D eigenvalue weighted by Gasteiger charge is -2.38. The van der Waals surface area contributed by atoms with Gasteiger partial charge in [-0.25, -0.2) is 13.2 Å². The first kappa shape index (κ1) is 22.3. The van der Waals surface area contributed by atoms with Crippen molar-refractivity contribution in [1.82, 2.24) is 4.90 Å². The number of hydrogen-bond acceptors (Lipinski definition) is 5. The zero-order valence-corrected chi connectivity index (χ0v) is 18.6. The normalized spacial score (nSPS) is 15.7. The molecule has 7 nitrogen and oxygen atoms in total. The van der Waals surface area contributed by atoms with Crippen molar-refractivity contribution in [1.29, 1.82) is 0 Å². The Hall–Kier alpha value is -1.96. The molecular formula is C20H33N3O4S. The van der Waals surface area contributed by atoms with Crippen LogP contribution in [0.5, 0.6) is 0 Å². The Labute approximate surface area is 169 Å². The monoisotopic (exact) mass is 411 g/mol. The number of sulfonamides is 1. The van der Waals surface area contributed by atoms with Crippen molar-refractivity contribution in [2.45, 2.75) is 40.2 Å². The van der Waals surface area contributed by atoms with Gasteiger partial charge in [0.15, 0.2) is 0 Å². The largest absolute Gasteiger partial charge is 0.444 e. The molecule has 1 aliphatic rings. The second kappa shape index (κ2) is 8.59. The maximum Gasteiger partial charge on any atom is 0.410 e. The van der Waals surface area contributed by atoms with Crippen LogP contribution >= 0.6 is 0 Å². The van der Waals surface area contributed by atoms with Crippen molar-refractivity contribution in [3.63, 3.8) is 0 Å². The standard InChI is InChI=1S/C20H33N3O4S/c1-16(2)15-23(28(6,25)26)18-10-8-7-9-17(18)21-11-13-22(14-12-21)19(24)27-20(3,4)5/h7-10,16H,11-15H2,1-6H3. The van der Waals surface area contributed by atoms with Crippen molar-refractivity contribution in [2.24, 2.45) is 5.92 Å². The van der Waals surface area contributed by atoms with Crippen LogP contribution in [0.15, 0.2) is 24.3 Å². The van der Waals surface area contributed by atoms with Gasteiger partial charge < -0.3 is 14.5 Å². The zero-order valence-electron chi connectivity index (χ0n) is 17.8. The van der Waals surface area contributed by atoms with Gasteiger partial charge in [0, 0.05) is 32.7 Å². The maximum absolute atomic E-state index is 12.4. The molecule has 1 saturated heterocycles. The summed E-state index contributed by atoms with van der Waals surface area (Å²) in [5.41, 5.74) is 1.04. The highest BCUT2D eigenvalue weighted by Gasteiger charge is 2.28. The second-order valence-corrected chi connectivity index (χ2v) is 10.5. The minimum absolute atomic E-state index is 0.201. The SMILES string of the molecule is CC(C)CN(c1ccccc1N1CCN(C(=O)OC(C)(C)C)CC1)S(C)(=O)=O. The van der Waals surface area contributed by atoms with Gasteiger partial charge in [-0.3, -0.25) is 4.31 Å². The molecule has 0 saturated carbocycles. The van der Waals surface area contributed by atoms with Crippen LogP contribution in [0.1, 0.15) is 34.6 Å². The molecule has 2 rings (SSSR count). The first-order valence-corrected chi connectivity index (χ1v) is 11.5. The van der Waals surface area contributed by atoms with Crippen LogP contribution in [0.3, 0.4) is 0 Å². The topological polar surface area (TPSA) is 70.2 Å². The molecule has 0 spiro atoms. The van der Waals surface area contributed by atoms with Gasteiger partial charge in [-0.1, -0.05) is 26.0 Å². The first-order chi connectivity index (χ1) is 12.9. The van der Waals surface area contributed by atoms with E-state index in [2.05, 4.69) is 4.90 Å². The molecule has 1 fully saturated rings. The van der Waals surface area contributed by atoms with Crippen LogP contribution < -0.4 is 9.21 Å². The lowest BCUT2D eigenvalue weighted by atomic mass is 10.2. The number of carbonyl (C=O) groups is 1. The number of rotatable bonds is 5. The smallest absolute Gasteiger partial charge is 0.410 e. The fraction of sp³-hybridized carbons (Fsp3) is 0.650. The van der Waals surface area contributed by atoms with Crippen molar-refractivity contribution < 1.29 is 17.9 Å². The minimum atomic E-state index is -3.40. The molecule has 1 amide bonds. The second-order valence-electron chi connectivity index (χ2n) is 8.63. The van der Waals surface area contributed by atoms with Crippen LogP contribution in [0.4, 0.5) is 16.2 Å².